The number of amides is 2. The summed E-state index contributed by atoms with van der Waals surface area (Å²) in [6, 6.07) is 6.60. The van der Waals surface area contributed by atoms with E-state index in [1.165, 1.54) is 31.1 Å². The van der Waals surface area contributed by atoms with Crippen molar-refractivity contribution < 1.29 is 38.9 Å². The number of carbonyl (C=O) groups excluding carboxylic acids is 4. The molecule has 3 aliphatic carbocycles. The second-order valence-electron chi connectivity index (χ2n) is 12.1. The van der Waals surface area contributed by atoms with Gasteiger partial charge in [-0.25, -0.2) is 4.90 Å². The van der Waals surface area contributed by atoms with Crippen LogP contribution in [0.4, 0.5) is 22.7 Å². The zero-order chi connectivity index (χ0) is 34.1. The molecule has 1 N–H and O–H groups in total. The molecular formula is C33H30N4O10. The average molecular weight is 643 g/mol. The number of Topliss-reactive ketones (excluding diaryl/α,β-unsaturated/α-hetero) is 1. The number of ketones is 2. The number of benzene rings is 2. The first-order valence-corrected chi connectivity index (χ1v) is 14.9. The third-order valence-corrected chi connectivity index (χ3v) is 9.34. The second-order valence-corrected chi connectivity index (χ2v) is 12.1. The first kappa shape index (κ1) is 31.3. The molecule has 242 valence electrons. The number of phenolic OH excluding ortho intramolecular Hbond substituents is 1. The Bertz CT molecular complexity index is 1890. The number of aromatic hydroxyl groups is 1. The molecule has 0 saturated carbocycles. The highest BCUT2D eigenvalue weighted by atomic mass is 16.6. The molecule has 1 aliphatic heterocycles. The van der Waals surface area contributed by atoms with E-state index in [0.29, 0.717) is 11.1 Å². The SMILES string of the molecule is CCOc1cc([C@H]2C3=CC[C@@H]4C(=O)N(c5cc([N+](=O)[O-])c(N(C)C)c([N+](=O)[O-])c5)C(=O)[C@@H]4[C@@H]3CC3=C2C(=O)C(C)=CC3=O)ccc1O. The lowest BCUT2D eigenvalue weighted by Crippen LogP contribution is -2.39. The van der Waals surface area contributed by atoms with Crippen LogP contribution in [0.15, 0.2) is 64.8 Å². The molecule has 2 aromatic carbocycles. The van der Waals surface area contributed by atoms with Crippen molar-refractivity contribution in [1.29, 1.82) is 0 Å². The van der Waals surface area contributed by atoms with Gasteiger partial charge in [0.2, 0.25) is 11.8 Å². The Morgan fingerprint density at radius 3 is 2.26 bits per heavy atom. The second kappa shape index (κ2) is 11.3. The minimum Gasteiger partial charge on any atom is -0.504 e. The summed E-state index contributed by atoms with van der Waals surface area (Å²) in [5, 5.41) is 34.4. The molecule has 14 nitrogen and oxygen atoms in total. The first-order chi connectivity index (χ1) is 22.3. The molecule has 4 aliphatic rings. The van der Waals surface area contributed by atoms with Crippen LogP contribution in [0.2, 0.25) is 0 Å². The van der Waals surface area contributed by atoms with Gasteiger partial charge in [-0.2, -0.15) is 0 Å². The fraction of sp³-hybridized carbons (Fsp3) is 0.333. The molecule has 0 radical (unpaired) electrons. The van der Waals surface area contributed by atoms with Crippen LogP contribution < -0.4 is 14.5 Å². The lowest BCUT2D eigenvalue weighted by molar-refractivity contribution is -0.392. The number of hydrogen-bond acceptors (Lipinski definition) is 11. The van der Waals surface area contributed by atoms with Crippen molar-refractivity contribution in [2.45, 2.75) is 32.6 Å². The molecule has 47 heavy (non-hydrogen) atoms. The fourth-order valence-electron chi connectivity index (χ4n) is 7.43. The van der Waals surface area contributed by atoms with Crippen molar-refractivity contribution >= 4 is 46.1 Å². The van der Waals surface area contributed by atoms with Gasteiger partial charge in [-0.15, -0.1) is 0 Å². The highest BCUT2D eigenvalue weighted by Crippen LogP contribution is 2.56. The molecule has 1 heterocycles. The van der Waals surface area contributed by atoms with Gasteiger partial charge < -0.3 is 14.7 Å². The Kier molecular flexibility index (Phi) is 7.53. The van der Waals surface area contributed by atoms with Crippen molar-refractivity contribution in [2.75, 3.05) is 30.5 Å². The molecule has 14 heteroatoms. The van der Waals surface area contributed by atoms with E-state index in [0.717, 1.165) is 17.0 Å². The molecule has 1 fully saturated rings. The molecular weight excluding hydrogens is 612 g/mol. The summed E-state index contributed by atoms with van der Waals surface area (Å²) < 4.78 is 5.60. The van der Waals surface area contributed by atoms with Crippen molar-refractivity contribution in [2.24, 2.45) is 17.8 Å². The third kappa shape index (κ3) is 4.78. The van der Waals surface area contributed by atoms with Crippen LogP contribution in [0.5, 0.6) is 11.5 Å². The Morgan fingerprint density at radius 1 is 1.00 bits per heavy atom. The third-order valence-electron chi connectivity index (χ3n) is 9.34. The van der Waals surface area contributed by atoms with Crippen LogP contribution in [-0.4, -0.2) is 59.0 Å². The van der Waals surface area contributed by atoms with Gasteiger partial charge in [-0.1, -0.05) is 17.7 Å². The monoisotopic (exact) mass is 642 g/mol. The number of fused-ring (bicyclic) bond motifs is 3. The highest BCUT2D eigenvalue weighted by Gasteiger charge is 2.57. The van der Waals surface area contributed by atoms with E-state index in [9.17, 15) is 44.5 Å². The standard InChI is InChI=1S/C33H30N4O10/c1-5-47-26-11-16(6-9-24(26)38)27-18-7-8-19-28(20(18)14-21-25(39)10-15(2)31(40)29(21)27)33(42)35(32(19)41)17-12-22(36(43)44)30(34(3)4)23(13-17)37(45)46/h6-7,9-13,19-20,27-28,38H,5,8,14H2,1-4H3/t19-,20+,27-,28-/m0/s1. The van der Waals surface area contributed by atoms with Gasteiger partial charge in [0.15, 0.2) is 28.8 Å². The van der Waals surface area contributed by atoms with Gasteiger partial charge in [0.05, 0.1) is 34.0 Å². The maximum atomic E-state index is 14.3. The van der Waals surface area contributed by atoms with E-state index < -0.39 is 56.7 Å². The van der Waals surface area contributed by atoms with Gasteiger partial charge in [0.1, 0.15) is 0 Å². The van der Waals surface area contributed by atoms with Crippen LogP contribution >= 0.6 is 0 Å². The van der Waals surface area contributed by atoms with E-state index in [1.807, 2.05) is 0 Å². The predicted molar refractivity (Wildman–Crippen MR) is 167 cm³/mol. The van der Waals surface area contributed by atoms with E-state index in [4.69, 9.17) is 4.74 Å². The smallest absolute Gasteiger partial charge is 0.301 e. The normalized spacial score (nSPS) is 23.5. The number of imide groups is 1. The fourth-order valence-corrected chi connectivity index (χ4v) is 7.43. The van der Waals surface area contributed by atoms with Gasteiger partial charge >= 0.3 is 11.4 Å². The number of nitro benzene ring substituents is 2. The molecule has 0 unspecified atom stereocenters. The quantitative estimate of drug-likeness (QED) is 0.149. The number of ether oxygens (including phenoxy) is 1. The summed E-state index contributed by atoms with van der Waals surface area (Å²) in [4.78, 5) is 79.6. The molecule has 1 saturated heterocycles. The largest absolute Gasteiger partial charge is 0.504 e. The molecule has 6 rings (SSSR count). The van der Waals surface area contributed by atoms with E-state index in [1.54, 1.807) is 32.1 Å². The molecule has 0 spiro atoms. The number of allylic oxidation sites excluding steroid dienone is 6. The van der Waals surface area contributed by atoms with Crippen molar-refractivity contribution in [3.63, 3.8) is 0 Å². The number of anilines is 2. The number of rotatable bonds is 7. The summed E-state index contributed by atoms with van der Waals surface area (Å²) >= 11 is 0. The Morgan fingerprint density at radius 2 is 1.66 bits per heavy atom. The summed E-state index contributed by atoms with van der Waals surface area (Å²) in [5.74, 6) is -5.44. The number of phenols is 1. The lowest BCUT2D eigenvalue weighted by atomic mass is 9.59. The minimum atomic E-state index is -1.01. The van der Waals surface area contributed by atoms with Crippen LogP contribution in [0.25, 0.3) is 0 Å². The number of carbonyl (C=O) groups is 4. The molecule has 4 atom stereocenters. The van der Waals surface area contributed by atoms with Gasteiger partial charge in [0, 0.05) is 48.9 Å². The molecule has 2 aromatic rings. The zero-order valence-corrected chi connectivity index (χ0v) is 25.9. The maximum Gasteiger partial charge on any atom is 0.301 e. The van der Waals surface area contributed by atoms with E-state index in [-0.39, 0.29) is 70.6 Å². The Balaban J connectivity index is 1.49. The van der Waals surface area contributed by atoms with Crippen LogP contribution in [-0.2, 0) is 19.2 Å². The highest BCUT2D eigenvalue weighted by molar-refractivity contribution is 6.25. The first-order valence-electron chi connectivity index (χ1n) is 14.9. The van der Waals surface area contributed by atoms with Crippen molar-refractivity contribution in [3.8, 4) is 11.5 Å². The Labute approximate surface area is 267 Å². The topological polar surface area (TPSA) is 190 Å². The molecule has 0 aromatic heterocycles. The van der Waals surface area contributed by atoms with Crippen molar-refractivity contribution in [3.05, 3.63) is 90.6 Å². The molecule has 2 amide bonds. The van der Waals surface area contributed by atoms with Gasteiger partial charge in [0.25, 0.3) is 0 Å². The van der Waals surface area contributed by atoms with Crippen LogP contribution in [0.1, 0.15) is 38.2 Å². The van der Waals surface area contributed by atoms with Gasteiger partial charge in [-0.3, -0.25) is 39.4 Å². The summed E-state index contributed by atoms with van der Waals surface area (Å²) in [7, 11) is 2.82. The Hall–Kier alpha value is -5.66. The number of hydrogen-bond donors (Lipinski definition) is 1. The van der Waals surface area contributed by atoms with E-state index in [2.05, 4.69) is 0 Å². The van der Waals surface area contributed by atoms with Gasteiger partial charge in [-0.05, 0) is 56.4 Å². The maximum absolute atomic E-state index is 14.3. The minimum absolute atomic E-state index is 0.00366. The average Bonchev–Trinajstić information content (AvgIpc) is 3.28. The van der Waals surface area contributed by atoms with E-state index >= 15 is 0 Å². The number of nitro groups is 2. The lowest BCUT2D eigenvalue weighted by Gasteiger charge is -2.42. The summed E-state index contributed by atoms with van der Waals surface area (Å²) in [6.45, 7) is 3.55. The summed E-state index contributed by atoms with van der Waals surface area (Å²) in [5.41, 5.74) is 0.0670. The van der Waals surface area contributed by atoms with Crippen molar-refractivity contribution in [1.82, 2.24) is 0 Å². The summed E-state index contributed by atoms with van der Waals surface area (Å²) in [6.07, 6.45) is 3.14. The predicted octanol–water partition coefficient (Wildman–Crippen LogP) is 4.31. The van der Waals surface area contributed by atoms with Crippen LogP contribution in [0.3, 0.4) is 0 Å². The number of nitrogens with zero attached hydrogens (tertiary/aromatic N) is 4. The molecule has 0 bridgehead atoms. The zero-order valence-electron chi connectivity index (χ0n) is 25.9. The van der Waals surface area contributed by atoms with Crippen LogP contribution in [0, 0.1) is 38.0 Å².